The summed E-state index contributed by atoms with van der Waals surface area (Å²) in [7, 11) is 1.53. The molecule has 2 heterocycles. The number of halogens is 4. The number of benzene rings is 2. The number of carboxylic acids is 1. The standard InChI is InChI=1S/C30H31F4N3O3/c1-40-21-4-5-26-22(15-21)28(20(17-35)18-36-26)23(31)6-7-30(16-27(38)39)8-11-37(12-9-30)10-2-3-19-13-24(32)29(34)25(33)14-19/h4-5,13-15,18,23H,6-12,16-17,35H2,1H3,(H,38,39)/t23-/m0/s1. The van der Waals surface area contributed by atoms with Crippen LogP contribution in [0, 0.1) is 34.7 Å². The summed E-state index contributed by atoms with van der Waals surface area (Å²) in [5, 5.41) is 10.3. The van der Waals surface area contributed by atoms with Gasteiger partial charge in [-0.3, -0.25) is 14.7 Å². The monoisotopic (exact) mass is 557 g/mol. The number of hydrogen-bond donors (Lipinski definition) is 2. The van der Waals surface area contributed by atoms with Crippen LogP contribution < -0.4 is 10.5 Å². The van der Waals surface area contributed by atoms with Crippen molar-refractivity contribution >= 4 is 16.9 Å². The summed E-state index contributed by atoms with van der Waals surface area (Å²) < 4.78 is 61.2. The lowest BCUT2D eigenvalue weighted by molar-refractivity contribution is -0.141. The number of aliphatic carboxylic acids is 1. The molecule has 0 bridgehead atoms. The molecule has 1 aromatic heterocycles. The molecule has 0 amide bonds. The molecular weight excluding hydrogens is 526 g/mol. The molecule has 1 fully saturated rings. The van der Waals surface area contributed by atoms with Crippen molar-refractivity contribution in [1.82, 2.24) is 9.88 Å². The van der Waals surface area contributed by atoms with Gasteiger partial charge in [0.15, 0.2) is 17.5 Å². The molecule has 1 aliphatic rings. The second kappa shape index (κ2) is 12.7. The Labute approximate surface area is 230 Å². The van der Waals surface area contributed by atoms with E-state index in [2.05, 4.69) is 16.8 Å². The smallest absolute Gasteiger partial charge is 0.303 e. The number of ether oxygens (including phenoxy) is 1. The Morgan fingerprint density at radius 1 is 1.20 bits per heavy atom. The molecular formula is C30H31F4N3O3. The predicted molar refractivity (Wildman–Crippen MR) is 143 cm³/mol. The van der Waals surface area contributed by atoms with E-state index < -0.39 is 35.0 Å². The van der Waals surface area contributed by atoms with E-state index in [9.17, 15) is 23.1 Å². The van der Waals surface area contributed by atoms with Crippen molar-refractivity contribution in [2.24, 2.45) is 11.1 Å². The Bertz CT molecular complexity index is 1420. The Balaban J connectivity index is 1.45. The highest BCUT2D eigenvalue weighted by Gasteiger charge is 2.37. The Morgan fingerprint density at radius 3 is 2.52 bits per heavy atom. The molecule has 4 rings (SSSR count). The van der Waals surface area contributed by atoms with Crippen LogP contribution in [-0.4, -0.2) is 47.7 Å². The zero-order chi connectivity index (χ0) is 28.9. The van der Waals surface area contributed by atoms with Gasteiger partial charge in [-0.15, -0.1) is 0 Å². The summed E-state index contributed by atoms with van der Waals surface area (Å²) in [5.74, 6) is 0.972. The fraction of sp³-hybridized carbons (Fsp3) is 0.400. The van der Waals surface area contributed by atoms with Crippen LogP contribution >= 0.6 is 0 Å². The molecule has 0 radical (unpaired) electrons. The number of alkyl halides is 1. The van der Waals surface area contributed by atoms with E-state index in [4.69, 9.17) is 10.5 Å². The van der Waals surface area contributed by atoms with Crippen LogP contribution in [0.4, 0.5) is 17.6 Å². The number of carbonyl (C=O) groups is 1. The average molecular weight is 558 g/mol. The normalized spacial score (nSPS) is 15.8. The van der Waals surface area contributed by atoms with Gasteiger partial charge in [-0.05, 0) is 80.1 Å². The van der Waals surface area contributed by atoms with Gasteiger partial charge in [0.1, 0.15) is 11.9 Å². The van der Waals surface area contributed by atoms with Crippen molar-refractivity contribution in [3.8, 4) is 17.6 Å². The SMILES string of the molecule is COc1ccc2ncc(CN)c([C@@H](F)CCC3(CC(=O)O)CCN(CC#Cc4cc(F)c(F)c(F)c4)CC3)c2c1. The molecule has 3 aromatic rings. The van der Waals surface area contributed by atoms with Gasteiger partial charge in [0, 0.05) is 29.3 Å². The van der Waals surface area contributed by atoms with Crippen LogP contribution in [0.1, 0.15) is 55.0 Å². The Kier molecular flexibility index (Phi) is 9.28. The zero-order valence-corrected chi connectivity index (χ0v) is 22.2. The first-order chi connectivity index (χ1) is 19.1. The lowest BCUT2D eigenvalue weighted by Gasteiger charge is -2.41. The minimum atomic E-state index is -1.54. The highest BCUT2D eigenvalue weighted by Crippen LogP contribution is 2.43. The molecule has 3 N–H and O–H groups in total. The van der Waals surface area contributed by atoms with Gasteiger partial charge >= 0.3 is 5.97 Å². The summed E-state index contributed by atoms with van der Waals surface area (Å²) in [6.07, 6.45) is 1.68. The fourth-order valence-electron chi connectivity index (χ4n) is 5.37. The Hall–Kier alpha value is -3.68. The minimum Gasteiger partial charge on any atom is -0.497 e. The molecule has 10 heteroatoms. The van der Waals surface area contributed by atoms with E-state index in [0.717, 1.165) is 12.1 Å². The Morgan fingerprint density at radius 2 is 1.90 bits per heavy atom. The molecule has 6 nitrogen and oxygen atoms in total. The van der Waals surface area contributed by atoms with Crippen molar-refractivity contribution < 1.29 is 32.2 Å². The summed E-state index contributed by atoms with van der Waals surface area (Å²) in [6.45, 7) is 1.48. The van der Waals surface area contributed by atoms with Crippen LogP contribution in [0.2, 0.25) is 0 Å². The first-order valence-electron chi connectivity index (χ1n) is 13.0. The number of piperidine rings is 1. The highest BCUT2D eigenvalue weighted by atomic mass is 19.2. The molecule has 0 aliphatic carbocycles. The molecule has 0 unspecified atom stereocenters. The van der Waals surface area contributed by atoms with Crippen molar-refractivity contribution in [1.29, 1.82) is 0 Å². The number of nitrogens with zero attached hydrogens (tertiary/aromatic N) is 2. The van der Waals surface area contributed by atoms with Crippen LogP contribution in [0.3, 0.4) is 0 Å². The van der Waals surface area contributed by atoms with Crippen LogP contribution in [0.25, 0.3) is 10.9 Å². The second-order valence-corrected chi connectivity index (χ2v) is 10.2. The van der Waals surface area contributed by atoms with Crippen LogP contribution in [-0.2, 0) is 11.3 Å². The van der Waals surface area contributed by atoms with Crippen molar-refractivity contribution in [3.05, 3.63) is 70.7 Å². The van der Waals surface area contributed by atoms with Crippen LogP contribution in [0.5, 0.6) is 5.75 Å². The largest absolute Gasteiger partial charge is 0.497 e. The number of likely N-dealkylation sites (tertiary alicyclic amines) is 1. The first-order valence-corrected chi connectivity index (χ1v) is 13.0. The number of fused-ring (bicyclic) bond motifs is 1. The highest BCUT2D eigenvalue weighted by molar-refractivity contribution is 5.85. The third-order valence-electron chi connectivity index (χ3n) is 7.62. The molecule has 212 valence electrons. The number of hydrogen-bond acceptors (Lipinski definition) is 5. The van der Waals surface area contributed by atoms with Gasteiger partial charge in [0.05, 0.1) is 25.6 Å². The van der Waals surface area contributed by atoms with Gasteiger partial charge in [-0.2, -0.15) is 0 Å². The molecule has 1 atom stereocenters. The van der Waals surface area contributed by atoms with E-state index in [0.29, 0.717) is 66.7 Å². The maximum Gasteiger partial charge on any atom is 0.303 e. The number of methoxy groups -OCH3 is 1. The number of carboxylic acid groups (broad SMARTS) is 1. The lowest BCUT2D eigenvalue weighted by atomic mass is 9.71. The molecule has 1 saturated heterocycles. The lowest BCUT2D eigenvalue weighted by Crippen LogP contribution is -2.41. The third-order valence-corrected chi connectivity index (χ3v) is 7.62. The maximum atomic E-state index is 15.9. The number of rotatable bonds is 9. The van der Waals surface area contributed by atoms with E-state index in [1.165, 1.54) is 7.11 Å². The van der Waals surface area contributed by atoms with E-state index in [-0.39, 0.29) is 24.9 Å². The third kappa shape index (κ3) is 6.72. The predicted octanol–water partition coefficient (Wildman–Crippen LogP) is 5.52. The van der Waals surface area contributed by atoms with E-state index in [1.807, 2.05) is 4.90 Å². The van der Waals surface area contributed by atoms with Gasteiger partial charge < -0.3 is 15.6 Å². The summed E-state index contributed by atoms with van der Waals surface area (Å²) in [5.41, 5.74) is 7.02. The second-order valence-electron chi connectivity index (χ2n) is 10.2. The van der Waals surface area contributed by atoms with Gasteiger partial charge in [-0.25, -0.2) is 17.6 Å². The quantitative estimate of drug-likeness (QED) is 0.205. The summed E-state index contributed by atoms with van der Waals surface area (Å²) in [6, 6.07) is 6.93. The summed E-state index contributed by atoms with van der Waals surface area (Å²) >= 11 is 0. The van der Waals surface area contributed by atoms with Crippen molar-refractivity contribution in [2.45, 2.75) is 44.8 Å². The van der Waals surface area contributed by atoms with Crippen molar-refractivity contribution in [2.75, 3.05) is 26.7 Å². The van der Waals surface area contributed by atoms with E-state index >= 15 is 4.39 Å². The van der Waals surface area contributed by atoms with Crippen LogP contribution in [0.15, 0.2) is 36.5 Å². The average Bonchev–Trinajstić information content (AvgIpc) is 2.94. The molecule has 2 aromatic carbocycles. The molecule has 0 saturated carbocycles. The topological polar surface area (TPSA) is 88.7 Å². The van der Waals surface area contributed by atoms with Gasteiger partial charge in [0.2, 0.25) is 0 Å². The molecule has 40 heavy (non-hydrogen) atoms. The minimum absolute atomic E-state index is 0.0284. The van der Waals surface area contributed by atoms with Gasteiger partial charge in [-0.1, -0.05) is 11.8 Å². The number of nitrogens with two attached hydrogens (primary N) is 1. The molecule has 1 aliphatic heterocycles. The zero-order valence-electron chi connectivity index (χ0n) is 22.2. The maximum absolute atomic E-state index is 15.9. The number of aromatic nitrogens is 1. The fourth-order valence-corrected chi connectivity index (χ4v) is 5.37. The van der Waals surface area contributed by atoms with E-state index in [1.54, 1.807) is 24.4 Å². The first kappa shape index (κ1) is 29.3. The van der Waals surface area contributed by atoms with Crippen molar-refractivity contribution in [3.63, 3.8) is 0 Å². The van der Waals surface area contributed by atoms with Gasteiger partial charge in [0.25, 0.3) is 0 Å². The summed E-state index contributed by atoms with van der Waals surface area (Å²) in [4.78, 5) is 18.2. The molecule has 0 spiro atoms. The number of pyridine rings is 1.